The molecule has 0 aliphatic rings. The lowest BCUT2D eigenvalue weighted by Gasteiger charge is -2.09. The number of hydrogen-bond acceptors (Lipinski definition) is 4. The molecule has 2 rings (SSSR count). The van der Waals surface area contributed by atoms with E-state index in [9.17, 15) is 0 Å². The molecule has 0 fully saturated rings. The topological polar surface area (TPSA) is 43.4 Å². The zero-order valence-electron chi connectivity index (χ0n) is 11.4. The molecule has 0 amide bonds. The van der Waals surface area contributed by atoms with Crippen molar-refractivity contribution in [3.8, 4) is 17.4 Å². The van der Waals surface area contributed by atoms with Crippen LogP contribution < -0.4 is 14.8 Å². The molecule has 0 unspecified atom stereocenters. The van der Waals surface area contributed by atoms with Gasteiger partial charge in [0.25, 0.3) is 0 Å². The summed E-state index contributed by atoms with van der Waals surface area (Å²) in [7, 11) is 3.56. The largest absolute Gasteiger partial charge is 0.497 e. The summed E-state index contributed by atoms with van der Waals surface area (Å²) in [5.41, 5.74) is 2.14. The van der Waals surface area contributed by atoms with Crippen LogP contribution in [-0.4, -0.2) is 19.1 Å². The average Bonchev–Trinajstić information content (AvgIpc) is 2.43. The van der Waals surface area contributed by atoms with E-state index >= 15 is 0 Å². The lowest BCUT2D eigenvalue weighted by molar-refractivity contribution is 0.412. The number of methoxy groups -OCH3 is 1. The van der Waals surface area contributed by atoms with Crippen LogP contribution in [0.2, 0.25) is 0 Å². The third kappa shape index (κ3) is 3.45. The Labute approximate surface area is 113 Å². The molecule has 0 saturated heterocycles. The molecule has 1 N–H and O–H groups in total. The summed E-state index contributed by atoms with van der Waals surface area (Å²) in [6.07, 6.45) is 0. The van der Waals surface area contributed by atoms with E-state index in [1.54, 1.807) is 7.11 Å². The van der Waals surface area contributed by atoms with Crippen molar-refractivity contribution in [1.82, 2.24) is 10.3 Å². The van der Waals surface area contributed by atoms with Crippen LogP contribution in [0.1, 0.15) is 11.3 Å². The molecule has 0 radical (unpaired) electrons. The molecule has 2 aromatic rings. The molecule has 1 aromatic carbocycles. The predicted octanol–water partition coefficient (Wildman–Crippen LogP) is 2.91. The van der Waals surface area contributed by atoms with Gasteiger partial charge in [-0.05, 0) is 43.8 Å². The molecule has 1 aromatic heterocycles. The van der Waals surface area contributed by atoms with E-state index in [0.717, 1.165) is 23.7 Å². The molecule has 19 heavy (non-hydrogen) atoms. The maximum Gasteiger partial charge on any atom is 0.219 e. The van der Waals surface area contributed by atoms with Gasteiger partial charge in [0.1, 0.15) is 11.5 Å². The van der Waals surface area contributed by atoms with Crippen LogP contribution in [-0.2, 0) is 6.54 Å². The van der Waals surface area contributed by atoms with Gasteiger partial charge in [-0.25, -0.2) is 4.98 Å². The lowest BCUT2D eigenvalue weighted by atomic mass is 10.2. The summed E-state index contributed by atoms with van der Waals surface area (Å²) >= 11 is 0. The summed E-state index contributed by atoms with van der Waals surface area (Å²) in [5, 5.41) is 3.11. The number of aromatic nitrogens is 1. The first-order valence-corrected chi connectivity index (χ1v) is 6.16. The van der Waals surface area contributed by atoms with Crippen molar-refractivity contribution in [2.24, 2.45) is 0 Å². The number of nitrogens with zero attached hydrogens (tertiary/aromatic N) is 1. The Bertz CT molecular complexity index is 538. The van der Waals surface area contributed by atoms with E-state index in [4.69, 9.17) is 9.47 Å². The van der Waals surface area contributed by atoms with Crippen molar-refractivity contribution in [3.05, 3.63) is 47.7 Å². The van der Waals surface area contributed by atoms with E-state index in [0.29, 0.717) is 5.88 Å². The number of aryl methyl sites for hydroxylation is 1. The zero-order valence-corrected chi connectivity index (χ0v) is 11.4. The minimum absolute atomic E-state index is 0.600. The highest BCUT2D eigenvalue weighted by Gasteiger charge is 2.03. The second-order valence-electron chi connectivity index (χ2n) is 4.20. The fraction of sp³-hybridized carbons (Fsp3) is 0.267. The number of ether oxygens (including phenoxy) is 2. The van der Waals surface area contributed by atoms with Gasteiger partial charge < -0.3 is 14.8 Å². The Hall–Kier alpha value is -2.07. The summed E-state index contributed by atoms with van der Waals surface area (Å²) in [6, 6.07) is 11.3. The highest BCUT2D eigenvalue weighted by atomic mass is 16.5. The van der Waals surface area contributed by atoms with Crippen molar-refractivity contribution < 1.29 is 9.47 Å². The Balaban J connectivity index is 2.11. The molecule has 1 heterocycles. The number of pyridine rings is 1. The first-order chi connectivity index (χ1) is 9.22. The Morgan fingerprint density at radius 3 is 2.32 bits per heavy atom. The Kier molecular flexibility index (Phi) is 4.36. The maximum absolute atomic E-state index is 5.70. The van der Waals surface area contributed by atoms with E-state index in [-0.39, 0.29) is 0 Å². The number of rotatable bonds is 5. The highest BCUT2D eigenvalue weighted by Crippen LogP contribution is 2.23. The van der Waals surface area contributed by atoms with E-state index in [1.807, 2.05) is 50.4 Å². The monoisotopic (exact) mass is 258 g/mol. The standard InChI is InChI=1S/C15H18N2O2/c1-11-12(10-16-2)4-9-15(17-11)19-14-7-5-13(18-3)6-8-14/h4-9,16H,10H2,1-3H3. The summed E-state index contributed by atoms with van der Waals surface area (Å²) in [4.78, 5) is 4.44. The fourth-order valence-electron chi connectivity index (χ4n) is 1.77. The van der Waals surface area contributed by atoms with Gasteiger partial charge in [-0.1, -0.05) is 6.07 Å². The summed E-state index contributed by atoms with van der Waals surface area (Å²) < 4.78 is 10.8. The SMILES string of the molecule is CNCc1ccc(Oc2ccc(OC)cc2)nc1C. The van der Waals surface area contributed by atoms with Gasteiger partial charge in [0.05, 0.1) is 7.11 Å². The Morgan fingerprint density at radius 1 is 1.05 bits per heavy atom. The highest BCUT2D eigenvalue weighted by molar-refractivity contribution is 5.34. The molecule has 4 heteroatoms. The molecule has 0 spiro atoms. The number of hydrogen-bond donors (Lipinski definition) is 1. The van der Waals surface area contributed by atoms with Gasteiger partial charge in [-0.15, -0.1) is 0 Å². The summed E-state index contributed by atoms with van der Waals surface area (Å²) in [6.45, 7) is 2.79. The fourth-order valence-corrected chi connectivity index (χ4v) is 1.77. The first-order valence-electron chi connectivity index (χ1n) is 6.16. The normalized spacial score (nSPS) is 10.3. The van der Waals surface area contributed by atoms with Crippen LogP contribution in [0.4, 0.5) is 0 Å². The van der Waals surface area contributed by atoms with Crippen molar-refractivity contribution in [3.63, 3.8) is 0 Å². The van der Waals surface area contributed by atoms with Gasteiger partial charge in [0, 0.05) is 18.3 Å². The average molecular weight is 258 g/mol. The number of benzene rings is 1. The Morgan fingerprint density at radius 2 is 1.74 bits per heavy atom. The van der Waals surface area contributed by atoms with Crippen LogP contribution in [0, 0.1) is 6.92 Å². The summed E-state index contributed by atoms with van der Waals surface area (Å²) in [5.74, 6) is 2.15. The molecule has 4 nitrogen and oxygen atoms in total. The zero-order chi connectivity index (χ0) is 13.7. The van der Waals surface area contributed by atoms with Crippen LogP contribution >= 0.6 is 0 Å². The maximum atomic E-state index is 5.70. The van der Waals surface area contributed by atoms with Crippen LogP contribution in [0.3, 0.4) is 0 Å². The molecule has 0 aliphatic carbocycles. The van der Waals surface area contributed by atoms with Crippen molar-refractivity contribution in [2.45, 2.75) is 13.5 Å². The van der Waals surface area contributed by atoms with E-state index < -0.39 is 0 Å². The molecular weight excluding hydrogens is 240 g/mol. The van der Waals surface area contributed by atoms with Gasteiger partial charge >= 0.3 is 0 Å². The number of nitrogens with one attached hydrogen (secondary N) is 1. The second-order valence-corrected chi connectivity index (χ2v) is 4.20. The van der Waals surface area contributed by atoms with Crippen molar-refractivity contribution in [1.29, 1.82) is 0 Å². The van der Waals surface area contributed by atoms with Gasteiger partial charge in [0.2, 0.25) is 5.88 Å². The van der Waals surface area contributed by atoms with Crippen LogP contribution in [0.5, 0.6) is 17.4 Å². The molecule has 100 valence electrons. The van der Waals surface area contributed by atoms with E-state index in [1.165, 1.54) is 5.56 Å². The molecule has 0 bridgehead atoms. The minimum Gasteiger partial charge on any atom is -0.497 e. The predicted molar refractivity (Wildman–Crippen MR) is 74.8 cm³/mol. The van der Waals surface area contributed by atoms with Gasteiger partial charge in [-0.2, -0.15) is 0 Å². The third-order valence-corrected chi connectivity index (χ3v) is 2.82. The van der Waals surface area contributed by atoms with Crippen molar-refractivity contribution >= 4 is 0 Å². The first kappa shape index (κ1) is 13.4. The molecule has 0 saturated carbocycles. The van der Waals surface area contributed by atoms with Crippen molar-refractivity contribution in [2.75, 3.05) is 14.2 Å². The third-order valence-electron chi connectivity index (χ3n) is 2.82. The molecular formula is C15H18N2O2. The van der Waals surface area contributed by atoms with Crippen LogP contribution in [0.25, 0.3) is 0 Å². The van der Waals surface area contributed by atoms with Gasteiger partial charge in [-0.3, -0.25) is 0 Å². The quantitative estimate of drug-likeness (QED) is 0.895. The second kappa shape index (κ2) is 6.20. The minimum atomic E-state index is 0.600. The van der Waals surface area contributed by atoms with E-state index in [2.05, 4.69) is 10.3 Å². The van der Waals surface area contributed by atoms with Gasteiger partial charge in [0.15, 0.2) is 0 Å². The molecule has 0 atom stereocenters. The smallest absolute Gasteiger partial charge is 0.219 e. The van der Waals surface area contributed by atoms with Crippen LogP contribution in [0.15, 0.2) is 36.4 Å². The molecule has 0 aliphatic heterocycles. The lowest BCUT2D eigenvalue weighted by Crippen LogP contribution is -2.07.